The molecule has 1 N–H and O–H groups in total. The van der Waals surface area contributed by atoms with Crippen LogP contribution in [0.4, 0.5) is 11.4 Å². The maximum atomic E-state index is 10.7. The highest BCUT2D eigenvalue weighted by atomic mass is 16.6. The van der Waals surface area contributed by atoms with E-state index in [0.29, 0.717) is 18.2 Å². The van der Waals surface area contributed by atoms with Gasteiger partial charge < -0.3 is 5.32 Å². The van der Waals surface area contributed by atoms with Gasteiger partial charge in [-0.3, -0.25) is 10.1 Å². The summed E-state index contributed by atoms with van der Waals surface area (Å²) >= 11 is 0. The van der Waals surface area contributed by atoms with Crippen molar-refractivity contribution in [2.75, 3.05) is 11.9 Å². The van der Waals surface area contributed by atoms with Crippen LogP contribution in [0, 0.1) is 23.0 Å². The van der Waals surface area contributed by atoms with Crippen molar-refractivity contribution in [2.45, 2.75) is 13.8 Å². The Morgan fingerprint density at radius 2 is 2.20 bits per heavy atom. The van der Waals surface area contributed by atoms with Crippen molar-refractivity contribution in [1.29, 1.82) is 0 Å². The highest BCUT2D eigenvalue weighted by Gasteiger charge is 2.12. The molecule has 0 amide bonds. The van der Waals surface area contributed by atoms with Crippen molar-refractivity contribution in [3.05, 3.63) is 40.8 Å². The van der Waals surface area contributed by atoms with E-state index in [1.807, 2.05) is 13.8 Å². The standard InChI is InChI=1S/C11H15N2O2/c1-8(2)7-12-10-6-9(3)4-5-11(10)13(14)15/h4-6,8,12H,3,7H2,1-2H3. The summed E-state index contributed by atoms with van der Waals surface area (Å²) in [5, 5.41) is 13.8. The molecule has 81 valence electrons. The molecule has 1 rings (SSSR count). The van der Waals surface area contributed by atoms with Gasteiger partial charge in [0.2, 0.25) is 0 Å². The smallest absolute Gasteiger partial charge is 0.292 e. The van der Waals surface area contributed by atoms with Crippen LogP contribution in [-0.2, 0) is 0 Å². The minimum atomic E-state index is -0.387. The number of nitrogens with zero attached hydrogens (tertiary/aromatic N) is 1. The molecule has 0 unspecified atom stereocenters. The number of nitrogens with one attached hydrogen (secondary N) is 1. The van der Waals surface area contributed by atoms with Gasteiger partial charge in [-0.2, -0.15) is 0 Å². The van der Waals surface area contributed by atoms with E-state index in [9.17, 15) is 10.1 Å². The average molecular weight is 207 g/mol. The van der Waals surface area contributed by atoms with Gasteiger partial charge in [-0.25, -0.2) is 0 Å². The fourth-order valence-corrected chi connectivity index (χ4v) is 1.20. The first-order chi connectivity index (χ1) is 7.00. The Morgan fingerprint density at radius 1 is 1.53 bits per heavy atom. The molecule has 0 saturated carbocycles. The predicted octanol–water partition coefficient (Wildman–Crippen LogP) is 2.84. The number of hydrogen-bond donors (Lipinski definition) is 1. The second-order valence-electron chi connectivity index (χ2n) is 3.88. The third-order valence-corrected chi connectivity index (χ3v) is 1.96. The first kappa shape index (κ1) is 11.5. The zero-order valence-corrected chi connectivity index (χ0v) is 8.99. The molecule has 0 spiro atoms. The number of benzene rings is 1. The monoisotopic (exact) mass is 207 g/mol. The van der Waals surface area contributed by atoms with E-state index in [-0.39, 0.29) is 10.6 Å². The van der Waals surface area contributed by atoms with Crippen LogP contribution < -0.4 is 5.32 Å². The Hall–Kier alpha value is -1.58. The van der Waals surface area contributed by atoms with Gasteiger partial charge >= 0.3 is 0 Å². The molecule has 1 radical (unpaired) electrons. The minimum absolute atomic E-state index is 0.100. The van der Waals surface area contributed by atoms with Gasteiger partial charge in [0.05, 0.1) is 4.92 Å². The maximum absolute atomic E-state index is 10.7. The van der Waals surface area contributed by atoms with Crippen molar-refractivity contribution in [1.82, 2.24) is 0 Å². The van der Waals surface area contributed by atoms with Crippen molar-refractivity contribution in [3.8, 4) is 0 Å². The van der Waals surface area contributed by atoms with Gasteiger partial charge in [0, 0.05) is 12.6 Å². The molecule has 0 heterocycles. The molecule has 15 heavy (non-hydrogen) atoms. The Balaban J connectivity index is 2.92. The van der Waals surface area contributed by atoms with E-state index in [1.54, 1.807) is 12.1 Å². The number of nitro benzene ring substituents is 1. The van der Waals surface area contributed by atoms with Crippen LogP contribution in [0.15, 0.2) is 18.2 Å². The van der Waals surface area contributed by atoms with Crippen LogP contribution in [0.3, 0.4) is 0 Å². The Bertz CT molecular complexity index is 362. The summed E-state index contributed by atoms with van der Waals surface area (Å²) < 4.78 is 0. The number of rotatable bonds is 4. The van der Waals surface area contributed by atoms with Crippen molar-refractivity contribution in [3.63, 3.8) is 0 Å². The van der Waals surface area contributed by atoms with Crippen LogP contribution >= 0.6 is 0 Å². The largest absolute Gasteiger partial charge is 0.379 e. The second kappa shape index (κ2) is 4.77. The summed E-state index contributed by atoms with van der Waals surface area (Å²) in [5.74, 6) is 0.443. The molecule has 0 aliphatic heterocycles. The fourth-order valence-electron chi connectivity index (χ4n) is 1.20. The molecule has 0 aliphatic carbocycles. The topological polar surface area (TPSA) is 55.2 Å². The molecule has 0 fully saturated rings. The molecular weight excluding hydrogens is 192 g/mol. The maximum Gasteiger partial charge on any atom is 0.292 e. The Labute approximate surface area is 89.5 Å². The predicted molar refractivity (Wildman–Crippen MR) is 60.9 cm³/mol. The zero-order chi connectivity index (χ0) is 11.4. The van der Waals surface area contributed by atoms with Crippen molar-refractivity contribution < 1.29 is 4.92 Å². The van der Waals surface area contributed by atoms with E-state index in [4.69, 9.17) is 0 Å². The highest BCUT2D eigenvalue weighted by Crippen LogP contribution is 2.25. The van der Waals surface area contributed by atoms with Crippen LogP contribution in [0.25, 0.3) is 0 Å². The molecule has 0 aromatic heterocycles. The first-order valence-electron chi connectivity index (χ1n) is 4.85. The normalized spacial score (nSPS) is 10.4. The summed E-state index contributed by atoms with van der Waals surface area (Å²) in [4.78, 5) is 10.3. The SMILES string of the molecule is [CH2]c1ccc([N+](=O)[O-])c(NCC(C)C)c1. The molecule has 1 aromatic carbocycles. The van der Waals surface area contributed by atoms with E-state index in [2.05, 4.69) is 12.2 Å². The summed E-state index contributed by atoms with van der Waals surface area (Å²) in [6.45, 7) is 8.56. The summed E-state index contributed by atoms with van der Waals surface area (Å²) in [6, 6.07) is 4.81. The van der Waals surface area contributed by atoms with Crippen LogP contribution in [0.1, 0.15) is 19.4 Å². The van der Waals surface area contributed by atoms with Gasteiger partial charge in [-0.15, -0.1) is 0 Å². The minimum Gasteiger partial charge on any atom is -0.379 e. The third-order valence-electron chi connectivity index (χ3n) is 1.96. The summed E-state index contributed by atoms with van der Waals surface area (Å²) in [5.41, 5.74) is 1.41. The average Bonchev–Trinajstić information content (AvgIpc) is 2.14. The van der Waals surface area contributed by atoms with Crippen LogP contribution in [0.2, 0.25) is 0 Å². The van der Waals surface area contributed by atoms with Crippen LogP contribution in [-0.4, -0.2) is 11.5 Å². The third kappa shape index (κ3) is 3.23. The van der Waals surface area contributed by atoms with Crippen molar-refractivity contribution in [2.24, 2.45) is 5.92 Å². The highest BCUT2D eigenvalue weighted by molar-refractivity contribution is 5.63. The molecule has 0 atom stereocenters. The first-order valence-corrected chi connectivity index (χ1v) is 4.85. The van der Waals surface area contributed by atoms with Gasteiger partial charge in [0.1, 0.15) is 5.69 Å². The van der Waals surface area contributed by atoms with Crippen LogP contribution in [0.5, 0.6) is 0 Å². The molecule has 4 nitrogen and oxygen atoms in total. The van der Waals surface area contributed by atoms with Gasteiger partial charge in [0.25, 0.3) is 5.69 Å². The molecule has 0 saturated heterocycles. The van der Waals surface area contributed by atoms with E-state index in [1.165, 1.54) is 6.07 Å². The molecule has 0 aliphatic rings. The Morgan fingerprint density at radius 3 is 2.73 bits per heavy atom. The lowest BCUT2D eigenvalue weighted by Gasteiger charge is -2.09. The second-order valence-corrected chi connectivity index (χ2v) is 3.88. The van der Waals surface area contributed by atoms with Crippen molar-refractivity contribution >= 4 is 11.4 Å². The molecule has 1 aromatic rings. The number of nitro groups is 1. The molecule has 4 heteroatoms. The quantitative estimate of drug-likeness (QED) is 0.610. The van der Waals surface area contributed by atoms with E-state index in [0.717, 1.165) is 5.56 Å². The Kier molecular flexibility index (Phi) is 3.66. The summed E-state index contributed by atoms with van der Waals surface area (Å²) in [6.07, 6.45) is 0. The number of hydrogen-bond acceptors (Lipinski definition) is 3. The lowest BCUT2D eigenvalue weighted by Crippen LogP contribution is -2.09. The van der Waals surface area contributed by atoms with Gasteiger partial charge in [-0.05, 0) is 24.5 Å². The van der Waals surface area contributed by atoms with E-state index < -0.39 is 0 Å². The zero-order valence-electron chi connectivity index (χ0n) is 8.99. The summed E-state index contributed by atoms with van der Waals surface area (Å²) in [7, 11) is 0. The number of anilines is 1. The lowest BCUT2D eigenvalue weighted by atomic mass is 10.1. The lowest BCUT2D eigenvalue weighted by molar-refractivity contribution is -0.384. The van der Waals surface area contributed by atoms with Gasteiger partial charge in [0.15, 0.2) is 0 Å². The molecule has 0 bridgehead atoms. The molecular formula is C11H15N2O2. The fraction of sp³-hybridized carbons (Fsp3) is 0.364. The van der Waals surface area contributed by atoms with Gasteiger partial charge in [-0.1, -0.05) is 19.9 Å². The van der Waals surface area contributed by atoms with E-state index >= 15 is 0 Å².